The predicted octanol–water partition coefficient (Wildman–Crippen LogP) is 2.62. The van der Waals surface area contributed by atoms with Gasteiger partial charge in [0.15, 0.2) is 0 Å². The molecule has 2 rings (SSSR count). The van der Waals surface area contributed by atoms with Crippen molar-refractivity contribution >= 4 is 11.3 Å². The molecule has 16 heavy (non-hydrogen) atoms. The first-order chi connectivity index (χ1) is 7.62. The summed E-state index contributed by atoms with van der Waals surface area (Å²) in [4.78, 5) is 4.68. The maximum absolute atomic E-state index is 6.46. The van der Waals surface area contributed by atoms with Crippen LogP contribution in [0.15, 0.2) is 5.38 Å². The van der Waals surface area contributed by atoms with Crippen molar-refractivity contribution in [1.29, 1.82) is 0 Å². The lowest BCUT2D eigenvalue weighted by atomic mass is 9.92. The maximum Gasteiger partial charge on any atom is 0.113 e. The van der Waals surface area contributed by atoms with E-state index in [4.69, 9.17) is 10.5 Å². The summed E-state index contributed by atoms with van der Waals surface area (Å²) in [6, 6.07) is 0. The molecule has 1 aromatic heterocycles. The molecule has 1 unspecified atom stereocenters. The van der Waals surface area contributed by atoms with Gasteiger partial charge in [-0.1, -0.05) is 13.8 Å². The van der Waals surface area contributed by atoms with E-state index in [1.54, 1.807) is 11.3 Å². The molecule has 90 valence electrons. The van der Waals surface area contributed by atoms with E-state index in [9.17, 15) is 0 Å². The van der Waals surface area contributed by atoms with E-state index in [1.165, 1.54) is 0 Å². The van der Waals surface area contributed by atoms with Gasteiger partial charge in [-0.2, -0.15) is 0 Å². The third-order valence-corrected chi connectivity index (χ3v) is 4.22. The molecule has 2 heterocycles. The van der Waals surface area contributed by atoms with Crippen LogP contribution in [0.2, 0.25) is 0 Å². The van der Waals surface area contributed by atoms with Crippen LogP contribution >= 0.6 is 11.3 Å². The standard InChI is InChI=1S/C12H20N2OS/c1-9(2)10-8-16-11(14-10)12(13)4-3-6-15-7-5-12/h8-9H,3-7,13H2,1-2H3. The van der Waals surface area contributed by atoms with Gasteiger partial charge in [0.25, 0.3) is 0 Å². The second-order valence-corrected chi connectivity index (χ2v) is 5.71. The maximum atomic E-state index is 6.46. The van der Waals surface area contributed by atoms with Crippen molar-refractivity contribution in [2.75, 3.05) is 13.2 Å². The Balaban J connectivity index is 2.19. The van der Waals surface area contributed by atoms with Gasteiger partial charge >= 0.3 is 0 Å². The van der Waals surface area contributed by atoms with Crippen molar-refractivity contribution in [1.82, 2.24) is 4.98 Å². The average Bonchev–Trinajstić information content (AvgIpc) is 2.64. The third-order valence-electron chi connectivity index (χ3n) is 3.14. The summed E-state index contributed by atoms with van der Waals surface area (Å²) in [5.74, 6) is 0.482. The van der Waals surface area contributed by atoms with Gasteiger partial charge in [-0.15, -0.1) is 11.3 Å². The number of nitrogens with two attached hydrogens (primary N) is 1. The minimum absolute atomic E-state index is 0.256. The second-order valence-electron chi connectivity index (χ2n) is 4.85. The van der Waals surface area contributed by atoms with Gasteiger partial charge in [-0.05, 0) is 25.2 Å². The predicted molar refractivity (Wildman–Crippen MR) is 66.7 cm³/mol. The zero-order valence-corrected chi connectivity index (χ0v) is 10.8. The van der Waals surface area contributed by atoms with Crippen molar-refractivity contribution < 1.29 is 4.74 Å². The minimum atomic E-state index is -0.256. The quantitative estimate of drug-likeness (QED) is 0.864. The number of hydrogen-bond donors (Lipinski definition) is 1. The molecule has 1 atom stereocenters. The number of thiazole rings is 1. The van der Waals surface area contributed by atoms with Gasteiger partial charge in [0.05, 0.1) is 11.2 Å². The van der Waals surface area contributed by atoms with Crippen molar-refractivity contribution in [2.45, 2.75) is 44.6 Å². The van der Waals surface area contributed by atoms with Crippen LogP contribution in [0.4, 0.5) is 0 Å². The molecule has 0 saturated carbocycles. The summed E-state index contributed by atoms with van der Waals surface area (Å²) < 4.78 is 5.46. The molecule has 1 aliphatic rings. The highest BCUT2D eigenvalue weighted by Gasteiger charge is 2.31. The normalized spacial score (nSPS) is 27.0. The molecule has 3 nitrogen and oxygen atoms in total. The van der Waals surface area contributed by atoms with E-state index in [1.807, 2.05) is 0 Å². The number of hydrogen-bond acceptors (Lipinski definition) is 4. The Morgan fingerprint density at radius 1 is 1.44 bits per heavy atom. The Labute approximate surface area is 101 Å². The van der Waals surface area contributed by atoms with Crippen LogP contribution in [0.1, 0.15) is 49.7 Å². The lowest BCUT2D eigenvalue weighted by Crippen LogP contribution is -2.36. The molecule has 0 aromatic carbocycles. The molecular formula is C12H20N2OS. The largest absolute Gasteiger partial charge is 0.381 e. The first-order valence-corrected chi connectivity index (χ1v) is 6.82. The first-order valence-electron chi connectivity index (χ1n) is 5.94. The molecule has 0 spiro atoms. The highest BCUT2D eigenvalue weighted by atomic mass is 32.1. The fourth-order valence-electron chi connectivity index (χ4n) is 1.96. The molecule has 1 aromatic rings. The van der Waals surface area contributed by atoms with E-state index in [0.717, 1.165) is 43.2 Å². The van der Waals surface area contributed by atoms with Crippen LogP contribution in [0.25, 0.3) is 0 Å². The van der Waals surface area contributed by atoms with Crippen molar-refractivity contribution in [3.63, 3.8) is 0 Å². The molecule has 1 fully saturated rings. The van der Waals surface area contributed by atoms with Crippen LogP contribution < -0.4 is 5.73 Å². The van der Waals surface area contributed by atoms with Crippen molar-refractivity contribution in [2.24, 2.45) is 5.73 Å². The third kappa shape index (κ3) is 2.44. The smallest absolute Gasteiger partial charge is 0.113 e. The number of aromatic nitrogens is 1. The van der Waals surface area contributed by atoms with E-state index in [2.05, 4.69) is 24.2 Å². The van der Waals surface area contributed by atoms with Gasteiger partial charge < -0.3 is 10.5 Å². The molecule has 0 radical (unpaired) electrons. The zero-order valence-electron chi connectivity index (χ0n) is 10.0. The van der Waals surface area contributed by atoms with Gasteiger partial charge in [-0.3, -0.25) is 0 Å². The Hall–Kier alpha value is -0.450. The molecule has 0 bridgehead atoms. The van der Waals surface area contributed by atoms with E-state index < -0.39 is 0 Å². The van der Waals surface area contributed by atoms with Gasteiger partial charge in [-0.25, -0.2) is 4.98 Å². The Morgan fingerprint density at radius 2 is 2.25 bits per heavy atom. The van der Waals surface area contributed by atoms with Crippen LogP contribution in [0.5, 0.6) is 0 Å². The Morgan fingerprint density at radius 3 is 2.94 bits per heavy atom. The van der Waals surface area contributed by atoms with Crippen LogP contribution in [0, 0.1) is 0 Å². The Kier molecular flexibility index (Phi) is 3.62. The fourth-order valence-corrected chi connectivity index (χ4v) is 3.12. The van der Waals surface area contributed by atoms with E-state index >= 15 is 0 Å². The highest BCUT2D eigenvalue weighted by Crippen LogP contribution is 2.33. The summed E-state index contributed by atoms with van der Waals surface area (Å²) >= 11 is 1.70. The van der Waals surface area contributed by atoms with Crippen LogP contribution in [-0.2, 0) is 10.3 Å². The molecule has 4 heteroatoms. The average molecular weight is 240 g/mol. The summed E-state index contributed by atoms with van der Waals surface area (Å²) in [6.45, 7) is 5.92. The monoisotopic (exact) mass is 240 g/mol. The zero-order chi connectivity index (χ0) is 11.6. The Bertz CT molecular complexity index is 341. The van der Waals surface area contributed by atoms with Crippen LogP contribution in [0.3, 0.4) is 0 Å². The minimum Gasteiger partial charge on any atom is -0.381 e. The van der Waals surface area contributed by atoms with Crippen molar-refractivity contribution in [3.05, 3.63) is 16.1 Å². The van der Waals surface area contributed by atoms with Gasteiger partial charge in [0.2, 0.25) is 0 Å². The van der Waals surface area contributed by atoms with E-state index in [0.29, 0.717) is 5.92 Å². The fraction of sp³-hybridized carbons (Fsp3) is 0.750. The van der Waals surface area contributed by atoms with Crippen LogP contribution in [-0.4, -0.2) is 18.2 Å². The topological polar surface area (TPSA) is 48.1 Å². The summed E-state index contributed by atoms with van der Waals surface area (Å²) in [5, 5.41) is 3.22. The summed E-state index contributed by atoms with van der Waals surface area (Å²) in [5.41, 5.74) is 7.37. The lowest BCUT2D eigenvalue weighted by molar-refractivity contribution is 0.139. The highest BCUT2D eigenvalue weighted by molar-refractivity contribution is 7.09. The molecule has 0 amide bonds. The molecule has 1 aliphatic heterocycles. The summed E-state index contributed by atoms with van der Waals surface area (Å²) in [7, 11) is 0. The summed E-state index contributed by atoms with van der Waals surface area (Å²) in [6.07, 6.45) is 2.91. The molecule has 1 saturated heterocycles. The van der Waals surface area contributed by atoms with Crippen molar-refractivity contribution in [3.8, 4) is 0 Å². The molecule has 0 aliphatic carbocycles. The lowest BCUT2D eigenvalue weighted by Gasteiger charge is -2.24. The molecule has 2 N–H and O–H groups in total. The second kappa shape index (κ2) is 4.82. The number of ether oxygens (including phenoxy) is 1. The number of rotatable bonds is 2. The SMILES string of the molecule is CC(C)c1csc(C2(N)CCCOCC2)n1. The number of nitrogens with zero attached hydrogens (tertiary/aromatic N) is 1. The first kappa shape index (κ1) is 12.0. The van der Waals surface area contributed by atoms with Gasteiger partial charge in [0, 0.05) is 18.6 Å². The van der Waals surface area contributed by atoms with E-state index in [-0.39, 0.29) is 5.54 Å². The van der Waals surface area contributed by atoms with Gasteiger partial charge in [0.1, 0.15) is 5.01 Å². The molecular weight excluding hydrogens is 220 g/mol.